The van der Waals surface area contributed by atoms with Crippen LogP contribution >= 0.6 is 0 Å². The van der Waals surface area contributed by atoms with Crippen molar-refractivity contribution in [2.24, 2.45) is 0 Å². The minimum Gasteiger partial charge on any atom is -0.338 e. The van der Waals surface area contributed by atoms with Crippen LogP contribution < -0.4 is 0 Å². The van der Waals surface area contributed by atoms with Crippen molar-refractivity contribution in [1.82, 2.24) is 10.1 Å². The second-order valence-corrected chi connectivity index (χ2v) is 3.15. The number of benzene rings is 1. The zero-order chi connectivity index (χ0) is 12.3. The van der Waals surface area contributed by atoms with Gasteiger partial charge in [0, 0.05) is 17.7 Å². The Bertz CT molecular complexity index is 600. The first kappa shape index (κ1) is 10.8. The van der Waals surface area contributed by atoms with Crippen molar-refractivity contribution >= 4 is 5.69 Å². The Morgan fingerprint density at radius 1 is 1.53 bits per heavy atom. The van der Waals surface area contributed by atoms with Crippen molar-refractivity contribution in [2.75, 3.05) is 0 Å². The molecule has 0 saturated heterocycles. The average molecular weight is 230 g/mol. The quantitative estimate of drug-likeness (QED) is 0.586. The molecule has 0 aliphatic rings. The van der Waals surface area contributed by atoms with E-state index in [1.54, 1.807) is 6.07 Å². The Morgan fingerprint density at radius 3 is 3.06 bits per heavy atom. The van der Waals surface area contributed by atoms with Gasteiger partial charge in [-0.1, -0.05) is 17.3 Å². The monoisotopic (exact) mass is 230 g/mol. The van der Waals surface area contributed by atoms with Gasteiger partial charge in [-0.05, 0) is 0 Å². The third-order valence-corrected chi connectivity index (χ3v) is 2.01. The van der Waals surface area contributed by atoms with E-state index in [-0.39, 0.29) is 23.8 Å². The Kier molecular flexibility index (Phi) is 2.79. The molecule has 0 spiro atoms. The zero-order valence-corrected chi connectivity index (χ0v) is 8.53. The Morgan fingerprint density at radius 2 is 2.35 bits per heavy atom. The molecule has 0 aliphatic carbocycles. The van der Waals surface area contributed by atoms with Gasteiger partial charge in [-0.15, -0.1) is 0 Å². The summed E-state index contributed by atoms with van der Waals surface area (Å²) in [5.41, 5.74) is 0.432. The Labute approximate surface area is 95.4 Å². The lowest BCUT2D eigenvalue weighted by Gasteiger charge is -1.93. The van der Waals surface area contributed by atoms with E-state index in [4.69, 9.17) is 9.78 Å². The van der Waals surface area contributed by atoms with E-state index in [0.29, 0.717) is 5.56 Å². The smallest absolute Gasteiger partial charge is 0.270 e. The highest BCUT2D eigenvalue weighted by Crippen LogP contribution is 2.21. The van der Waals surface area contributed by atoms with Crippen LogP contribution in [0.4, 0.5) is 5.69 Å². The normalized spacial score (nSPS) is 9.82. The zero-order valence-electron chi connectivity index (χ0n) is 8.53. The number of rotatable bonds is 3. The van der Waals surface area contributed by atoms with Crippen LogP contribution in [0.25, 0.3) is 11.4 Å². The van der Waals surface area contributed by atoms with Gasteiger partial charge in [0.05, 0.1) is 11.0 Å². The molecule has 7 nitrogen and oxygen atoms in total. The maximum absolute atomic E-state index is 10.6. The summed E-state index contributed by atoms with van der Waals surface area (Å²) in [7, 11) is 0. The minimum absolute atomic E-state index is 0.0158. The van der Waals surface area contributed by atoms with Gasteiger partial charge in [-0.25, -0.2) is 0 Å². The largest absolute Gasteiger partial charge is 0.338 e. The fourth-order valence-corrected chi connectivity index (χ4v) is 1.27. The van der Waals surface area contributed by atoms with Gasteiger partial charge >= 0.3 is 0 Å². The molecule has 0 saturated carbocycles. The van der Waals surface area contributed by atoms with E-state index < -0.39 is 4.92 Å². The van der Waals surface area contributed by atoms with E-state index in [2.05, 4.69) is 10.1 Å². The van der Waals surface area contributed by atoms with Crippen LogP contribution in [0.1, 0.15) is 5.89 Å². The standard InChI is InChI=1S/C10H6N4O3/c11-5-4-9-12-10(13-17-9)7-2-1-3-8(6-7)14(15)16/h1-3,6H,4H2. The molecule has 0 fully saturated rings. The molecule has 0 amide bonds. The third kappa shape index (κ3) is 2.26. The molecule has 17 heavy (non-hydrogen) atoms. The van der Waals surface area contributed by atoms with Crippen LogP contribution in [0.5, 0.6) is 0 Å². The molecule has 1 aromatic carbocycles. The van der Waals surface area contributed by atoms with Crippen molar-refractivity contribution in [3.8, 4) is 17.5 Å². The molecule has 0 unspecified atom stereocenters. The maximum Gasteiger partial charge on any atom is 0.270 e. The number of non-ortho nitro benzene ring substituents is 1. The average Bonchev–Trinajstić information content (AvgIpc) is 2.78. The van der Waals surface area contributed by atoms with Gasteiger partial charge in [0.25, 0.3) is 5.69 Å². The molecule has 0 atom stereocenters. The molecule has 0 radical (unpaired) electrons. The van der Waals surface area contributed by atoms with Crippen molar-refractivity contribution in [3.63, 3.8) is 0 Å². The van der Waals surface area contributed by atoms with E-state index in [1.807, 2.05) is 6.07 Å². The Hall–Kier alpha value is -2.75. The van der Waals surface area contributed by atoms with Crippen LogP contribution in [0.2, 0.25) is 0 Å². The lowest BCUT2D eigenvalue weighted by Crippen LogP contribution is -1.89. The molecule has 0 bridgehead atoms. The number of hydrogen-bond acceptors (Lipinski definition) is 6. The summed E-state index contributed by atoms with van der Waals surface area (Å²) in [6, 6.07) is 7.77. The summed E-state index contributed by atoms with van der Waals surface area (Å²) < 4.78 is 4.81. The number of aromatic nitrogens is 2. The molecule has 84 valence electrons. The maximum atomic E-state index is 10.6. The molecular formula is C10H6N4O3. The van der Waals surface area contributed by atoms with E-state index >= 15 is 0 Å². The summed E-state index contributed by atoms with van der Waals surface area (Å²) in [5.74, 6) is 0.424. The number of hydrogen-bond donors (Lipinski definition) is 0. The topological polar surface area (TPSA) is 106 Å². The molecule has 2 aromatic rings. The van der Waals surface area contributed by atoms with Crippen molar-refractivity contribution in [3.05, 3.63) is 40.3 Å². The summed E-state index contributed by atoms with van der Waals surface area (Å²) in [5, 5.41) is 22.7. The first-order valence-electron chi connectivity index (χ1n) is 4.65. The van der Waals surface area contributed by atoms with Crippen LogP contribution in [0.3, 0.4) is 0 Å². The first-order valence-corrected chi connectivity index (χ1v) is 4.65. The number of nitrogens with zero attached hydrogens (tertiary/aromatic N) is 4. The highest BCUT2D eigenvalue weighted by atomic mass is 16.6. The molecule has 7 heteroatoms. The summed E-state index contributed by atoms with van der Waals surface area (Å²) in [4.78, 5) is 14.0. The second kappa shape index (κ2) is 4.40. The molecule has 1 heterocycles. The van der Waals surface area contributed by atoms with Crippen LogP contribution in [0.15, 0.2) is 28.8 Å². The fraction of sp³-hybridized carbons (Fsp3) is 0.100. The highest BCUT2D eigenvalue weighted by molar-refractivity contribution is 5.58. The molecule has 1 aromatic heterocycles. The SMILES string of the molecule is N#CCc1nc(-c2cccc([N+](=O)[O-])c2)no1. The predicted octanol–water partition coefficient (Wildman–Crippen LogP) is 1.71. The lowest BCUT2D eigenvalue weighted by molar-refractivity contribution is -0.384. The minimum atomic E-state index is -0.500. The van der Waals surface area contributed by atoms with Gasteiger partial charge in [0.2, 0.25) is 11.7 Å². The van der Waals surface area contributed by atoms with Crippen molar-refractivity contribution < 1.29 is 9.45 Å². The summed E-state index contributed by atoms with van der Waals surface area (Å²) in [6.07, 6.45) is 0.0158. The number of nitro groups is 1. The van der Waals surface area contributed by atoms with Gasteiger partial charge in [0.15, 0.2) is 0 Å². The van der Waals surface area contributed by atoms with Crippen LogP contribution in [-0.2, 0) is 6.42 Å². The summed E-state index contributed by atoms with van der Waals surface area (Å²) >= 11 is 0. The predicted molar refractivity (Wildman–Crippen MR) is 55.7 cm³/mol. The molecular weight excluding hydrogens is 224 g/mol. The third-order valence-electron chi connectivity index (χ3n) is 2.01. The highest BCUT2D eigenvalue weighted by Gasteiger charge is 2.12. The van der Waals surface area contributed by atoms with Gasteiger partial charge in [0.1, 0.15) is 6.42 Å². The summed E-state index contributed by atoms with van der Waals surface area (Å²) in [6.45, 7) is 0. The molecule has 0 aliphatic heterocycles. The van der Waals surface area contributed by atoms with Crippen molar-refractivity contribution in [2.45, 2.75) is 6.42 Å². The molecule has 0 N–H and O–H groups in total. The van der Waals surface area contributed by atoms with Crippen LogP contribution in [0, 0.1) is 21.4 Å². The first-order chi connectivity index (χ1) is 8.20. The Balaban J connectivity index is 2.36. The van der Waals surface area contributed by atoms with Crippen molar-refractivity contribution in [1.29, 1.82) is 5.26 Å². The number of nitriles is 1. The fourth-order valence-electron chi connectivity index (χ4n) is 1.27. The second-order valence-electron chi connectivity index (χ2n) is 3.15. The van der Waals surface area contributed by atoms with E-state index in [0.717, 1.165) is 0 Å². The van der Waals surface area contributed by atoms with Gasteiger partial charge in [-0.3, -0.25) is 10.1 Å². The van der Waals surface area contributed by atoms with E-state index in [1.165, 1.54) is 18.2 Å². The molecule has 2 rings (SSSR count). The van der Waals surface area contributed by atoms with Gasteiger partial charge in [-0.2, -0.15) is 10.2 Å². The van der Waals surface area contributed by atoms with E-state index in [9.17, 15) is 10.1 Å². The number of nitro benzene ring substituents is 1. The van der Waals surface area contributed by atoms with Crippen LogP contribution in [-0.4, -0.2) is 15.1 Å². The van der Waals surface area contributed by atoms with Gasteiger partial charge < -0.3 is 4.52 Å². The lowest BCUT2D eigenvalue weighted by atomic mass is 10.2.